The monoisotopic (exact) mass is 290 g/mol. The molecular formula is C18H30N2O. The largest absolute Gasteiger partial charge is 0.385 e. The van der Waals surface area contributed by atoms with Gasteiger partial charge in [-0.05, 0) is 48.4 Å². The maximum absolute atomic E-state index is 12.3. The standard InChI is InChI=1S/C18H30N2O/c1-7-10-19-16-9-8-15(11-14(16)4)17(21)20-12-18(5,6)13(2)3/h8-9,11,13,19H,7,10,12H2,1-6H3,(H,20,21). The van der Waals surface area contributed by atoms with E-state index in [1.807, 2.05) is 25.1 Å². The molecule has 3 heteroatoms. The lowest BCUT2D eigenvalue weighted by molar-refractivity contribution is 0.0924. The lowest BCUT2D eigenvalue weighted by Gasteiger charge is -2.29. The second kappa shape index (κ2) is 7.48. The van der Waals surface area contributed by atoms with Crippen molar-refractivity contribution in [2.45, 2.75) is 48.0 Å². The third kappa shape index (κ3) is 5.07. The fourth-order valence-corrected chi connectivity index (χ4v) is 1.88. The van der Waals surface area contributed by atoms with Crippen LogP contribution in [0.3, 0.4) is 0 Å². The Morgan fingerprint density at radius 3 is 2.48 bits per heavy atom. The van der Waals surface area contributed by atoms with Crippen molar-refractivity contribution >= 4 is 11.6 Å². The highest BCUT2D eigenvalue weighted by Crippen LogP contribution is 2.25. The van der Waals surface area contributed by atoms with Gasteiger partial charge in [0.05, 0.1) is 0 Å². The lowest BCUT2D eigenvalue weighted by Crippen LogP contribution is -2.37. The Hall–Kier alpha value is -1.51. The number of anilines is 1. The first kappa shape index (κ1) is 17.5. The van der Waals surface area contributed by atoms with E-state index < -0.39 is 0 Å². The number of rotatable bonds is 7. The molecule has 118 valence electrons. The first-order valence-electron chi connectivity index (χ1n) is 7.90. The molecule has 3 nitrogen and oxygen atoms in total. The van der Waals surface area contributed by atoms with E-state index in [1.54, 1.807) is 0 Å². The molecule has 0 aliphatic rings. The van der Waals surface area contributed by atoms with Crippen molar-refractivity contribution in [2.24, 2.45) is 11.3 Å². The van der Waals surface area contributed by atoms with Crippen molar-refractivity contribution in [1.82, 2.24) is 5.32 Å². The van der Waals surface area contributed by atoms with Crippen molar-refractivity contribution in [2.75, 3.05) is 18.4 Å². The van der Waals surface area contributed by atoms with Crippen LogP contribution in [-0.2, 0) is 0 Å². The van der Waals surface area contributed by atoms with E-state index >= 15 is 0 Å². The SMILES string of the molecule is CCCNc1ccc(C(=O)NCC(C)(C)C(C)C)cc1C. The van der Waals surface area contributed by atoms with E-state index in [1.165, 1.54) is 0 Å². The highest BCUT2D eigenvalue weighted by atomic mass is 16.1. The zero-order valence-electron chi connectivity index (χ0n) is 14.3. The Bertz CT molecular complexity index is 478. The molecule has 21 heavy (non-hydrogen) atoms. The molecule has 1 aromatic carbocycles. The summed E-state index contributed by atoms with van der Waals surface area (Å²) in [6, 6.07) is 5.84. The predicted octanol–water partition coefficient (Wildman–Crippen LogP) is 4.23. The first-order valence-corrected chi connectivity index (χ1v) is 7.90. The number of aryl methyl sites for hydroxylation is 1. The Morgan fingerprint density at radius 1 is 1.29 bits per heavy atom. The zero-order valence-corrected chi connectivity index (χ0v) is 14.3. The van der Waals surface area contributed by atoms with E-state index in [9.17, 15) is 4.79 Å². The van der Waals surface area contributed by atoms with Crippen molar-refractivity contribution in [3.63, 3.8) is 0 Å². The van der Waals surface area contributed by atoms with Gasteiger partial charge in [0.2, 0.25) is 0 Å². The molecule has 0 aliphatic carbocycles. The normalized spacial score (nSPS) is 11.6. The van der Waals surface area contributed by atoms with Gasteiger partial charge in [0.15, 0.2) is 0 Å². The highest BCUT2D eigenvalue weighted by molar-refractivity contribution is 5.94. The third-order valence-corrected chi connectivity index (χ3v) is 4.32. The molecule has 0 heterocycles. The summed E-state index contributed by atoms with van der Waals surface area (Å²) in [5.74, 6) is 0.536. The quantitative estimate of drug-likeness (QED) is 0.789. The number of carbonyl (C=O) groups excluding carboxylic acids is 1. The number of carbonyl (C=O) groups is 1. The van der Waals surface area contributed by atoms with Gasteiger partial charge in [-0.15, -0.1) is 0 Å². The van der Waals surface area contributed by atoms with Gasteiger partial charge in [0.25, 0.3) is 5.91 Å². The average molecular weight is 290 g/mol. The van der Waals surface area contributed by atoms with Crippen LogP contribution in [0.4, 0.5) is 5.69 Å². The van der Waals surface area contributed by atoms with Crippen molar-refractivity contribution < 1.29 is 4.79 Å². The Morgan fingerprint density at radius 2 is 1.95 bits per heavy atom. The number of nitrogens with one attached hydrogen (secondary N) is 2. The maximum Gasteiger partial charge on any atom is 0.251 e. The van der Waals surface area contributed by atoms with Crippen molar-refractivity contribution in [1.29, 1.82) is 0 Å². The number of hydrogen-bond acceptors (Lipinski definition) is 2. The Kier molecular flexibility index (Phi) is 6.25. The van der Waals surface area contributed by atoms with Gasteiger partial charge in [0.1, 0.15) is 0 Å². The second-order valence-corrected chi connectivity index (χ2v) is 6.78. The molecule has 0 saturated heterocycles. The molecule has 0 radical (unpaired) electrons. The molecule has 0 unspecified atom stereocenters. The van der Waals surface area contributed by atoms with Gasteiger partial charge in [-0.25, -0.2) is 0 Å². The fourth-order valence-electron chi connectivity index (χ4n) is 1.88. The van der Waals surface area contributed by atoms with Crippen LogP contribution in [0.15, 0.2) is 18.2 Å². The van der Waals surface area contributed by atoms with Crippen LogP contribution in [-0.4, -0.2) is 19.0 Å². The van der Waals surface area contributed by atoms with Crippen LogP contribution < -0.4 is 10.6 Å². The first-order chi connectivity index (χ1) is 9.77. The predicted molar refractivity (Wildman–Crippen MR) is 90.9 cm³/mol. The highest BCUT2D eigenvalue weighted by Gasteiger charge is 2.23. The minimum atomic E-state index is 0.00821. The summed E-state index contributed by atoms with van der Waals surface area (Å²) in [6.45, 7) is 14.6. The number of hydrogen-bond donors (Lipinski definition) is 2. The molecule has 1 aromatic rings. The van der Waals surface area contributed by atoms with Crippen molar-refractivity contribution in [3.8, 4) is 0 Å². The maximum atomic E-state index is 12.3. The van der Waals surface area contributed by atoms with Crippen LogP contribution >= 0.6 is 0 Å². The molecular weight excluding hydrogens is 260 g/mol. The Labute approximate surface area is 129 Å². The topological polar surface area (TPSA) is 41.1 Å². The molecule has 2 N–H and O–H groups in total. The average Bonchev–Trinajstić information content (AvgIpc) is 2.43. The van der Waals surface area contributed by atoms with E-state index in [4.69, 9.17) is 0 Å². The summed E-state index contributed by atoms with van der Waals surface area (Å²) < 4.78 is 0. The molecule has 0 aliphatic heterocycles. The van der Waals surface area contributed by atoms with Crippen molar-refractivity contribution in [3.05, 3.63) is 29.3 Å². The molecule has 0 atom stereocenters. The summed E-state index contributed by atoms with van der Waals surface area (Å²) in [5.41, 5.74) is 3.05. The van der Waals surface area contributed by atoms with Crippen LogP contribution in [0.5, 0.6) is 0 Å². The van der Waals surface area contributed by atoms with Gasteiger partial charge in [-0.1, -0.05) is 34.6 Å². The molecule has 0 fully saturated rings. The van der Waals surface area contributed by atoms with E-state index in [-0.39, 0.29) is 11.3 Å². The summed E-state index contributed by atoms with van der Waals surface area (Å²) >= 11 is 0. The molecule has 1 amide bonds. The van der Waals surface area contributed by atoms with Crippen LogP contribution in [0.25, 0.3) is 0 Å². The molecule has 0 saturated carbocycles. The zero-order chi connectivity index (χ0) is 16.0. The van der Waals surface area contributed by atoms with Gasteiger partial charge in [0, 0.05) is 24.3 Å². The van der Waals surface area contributed by atoms with Gasteiger partial charge < -0.3 is 10.6 Å². The molecule has 0 spiro atoms. The second-order valence-electron chi connectivity index (χ2n) is 6.78. The minimum absolute atomic E-state index is 0.00821. The van der Waals surface area contributed by atoms with Crippen LogP contribution in [0.2, 0.25) is 0 Å². The van der Waals surface area contributed by atoms with Gasteiger partial charge in [-0.2, -0.15) is 0 Å². The molecule has 0 bridgehead atoms. The van der Waals surface area contributed by atoms with E-state index in [0.717, 1.165) is 29.8 Å². The lowest BCUT2D eigenvalue weighted by atomic mass is 9.81. The summed E-state index contributed by atoms with van der Waals surface area (Å²) in [4.78, 5) is 12.3. The third-order valence-electron chi connectivity index (χ3n) is 4.32. The van der Waals surface area contributed by atoms with Crippen LogP contribution in [0.1, 0.15) is 57.0 Å². The van der Waals surface area contributed by atoms with Gasteiger partial charge >= 0.3 is 0 Å². The summed E-state index contributed by atoms with van der Waals surface area (Å²) in [5, 5.41) is 6.42. The van der Waals surface area contributed by atoms with Crippen LogP contribution in [0, 0.1) is 18.3 Å². The number of benzene rings is 1. The fraction of sp³-hybridized carbons (Fsp3) is 0.611. The van der Waals surface area contributed by atoms with E-state index in [2.05, 4.69) is 45.3 Å². The number of amides is 1. The smallest absolute Gasteiger partial charge is 0.251 e. The Balaban J connectivity index is 2.69. The van der Waals surface area contributed by atoms with Gasteiger partial charge in [-0.3, -0.25) is 4.79 Å². The summed E-state index contributed by atoms with van der Waals surface area (Å²) in [7, 11) is 0. The van der Waals surface area contributed by atoms with E-state index in [0.29, 0.717) is 12.5 Å². The summed E-state index contributed by atoms with van der Waals surface area (Å²) in [6.07, 6.45) is 1.09. The molecule has 0 aromatic heterocycles. The molecule has 1 rings (SSSR count). The minimum Gasteiger partial charge on any atom is -0.385 e.